The van der Waals surface area contributed by atoms with Gasteiger partial charge in [0.15, 0.2) is 0 Å². The molecule has 0 spiro atoms. The average molecular weight is 214 g/mol. The van der Waals surface area contributed by atoms with Crippen molar-refractivity contribution in [1.82, 2.24) is 8.28 Å². The quantitative estimate of drug-likeness (QED) is 0.737. The summed E-state index contributed by atoms with van der Waals surface area (Å²) in [6, 6.07) is 2.98. The van der Waals surface area contributed by atoms with Gasteiger partial charge in [0.05, 0.1) is 12.1 Å². The van der Waals surface area contributed by atoms with Crippen LogP contribution >= 0.6 is 12.1 Å². The van der Waals surface area contributed by atoms with Crippen LogP contribution in [-0.2, 0) is 0 Å². The first-order valence-corrected chi connectivity index (χ1v) is 5.53. The highest BCUT2D eigenvalue weighted by molar-refractivity contribution is 7.95. The molecule has 0 aromatic carbocycles. The van der Waals surface area contributed by atoms with Gasteiger partial charge in [0.1, 0.15) is 0 Å². The minimum absolute atomic E-state index is 0.0954. The highest BCUT2D eigenvalue weighted by Gasteiger charge is 2.15. The summed E-state index contributed by atoms with van der Waals surface area (Å²) in [5.41, 5.74) is 0. The molecule has 1 aromatic heterocycles. The maximum absolute atomic E-state index is 9.42. The van der Waals surface area contributed by atoms with Crippen LogP contribution in [0.25, 0.3) is 0 Å². The summed E-state index contributed by atoms with van der Waals surface area (Å²) in [5.74, 6) is 0.191. The number of piperidine rings is 1. The summed E-state index contributed by atoms with van der Waals surface area (Å²) in [6.07, 6.45) is 3.66. The van der Waals surface area contributed by atoms with Gasteiger partial charge < -0.3 is 10.2 Å². The fraction of sp³-hybridized carbons (Fsp3) is 0.556. The van der Waals surface area contributed by atoms with E-state index in [1.165, 1.54) is 47.5 Å². The Morgan fingerprint density at radius 1 is 1.00 bits per heavy atom. The molecule has 0 amide bonds. The Bertz CT molecular complexity index is 288. The smallest absolute Gasteiger partial charge is 0.205 e. The van der Waals surface area contributed by atoms with Crippen molar-refractivity contribution in [3.63, 3.8) is 0 Å². The van der Waals surface area contributed by atoms with E-state index in [1.54, 1.807) is 0 Å². The standard InChI is InChI=1S/C9H14N2O2S/c12-8-4-5-9(13)11(8)14-10-6-2-1-3-7-10/h4-5,12-13H,1-3,6-7H2. The van der Waals surface area contributed by atoms with Crippen LogP contribution < -0.4 is 0 Å². The van der Waals surface area contributed by atoms with Crippen molar-refractivity contribution in [2.24, 2.45) is 0 Å². The van der Waals surface area contributed by atoms with Gasteiger partial charge in [-0.2, -0.15) is 0 Å². The van der Waals surface area contributed by atoms with Gasteiger partial charge in [-0.1, -0.05) is 6.42 Å². The van der Waals surface area contributed by atoms with E-state index in [0.29, 0.717) is 0 Å². The van der Waals surface area contributed by atoms with E-state index in [9.17, 15) is 10.2 Å². The lowest BCUT2D eigenvalue weighted by Gasteiger charge is -2.25. The molecule has 5 heteroatoms. The first-order chi connectivity index (χ1) is 6.77. The maximum Gasteiger partial charge on any atom is 0.205 e. The molecule has 14 heavy (non-hydrogen) atoms. The van der Waals surface area contributed by atoms with Crippen molar-refractivity contribution in [2.45, 2.75) is 19.3 Å². The van der Waals surface area contributed by atoms with Gasteiger partial charge in [-0.25, -0.2) is 8.28 Å². The van der Waals surface area contributed by atoms with E-state index in [1.807, 2.05) is 0 Å². The zero-order valence-corrected chi connectivity index (χ0v) is 8.70. The second-order valence-electron chi connectivity index (χ2n) is 3.42. The van der Waals surface area contributed by atoms with Gasteiger partial charge >= 0.3 is 0 Å². The normalized spacial score (nSPS) is 18.6. The molecule has 0 unspecified atom stereocenters. The van der Waals surface area contributed by atoms with Gasteiger partial charge in [0, 0.05) is 25.2 Å². The third-order valence-electron chi connectivity index (χ3n) is 2.31. The van der Waals surface area contributed by atoms with Crippen LogP contribution in [0.5, 0.6) is 11.8 Å². The molecule has 1 aliphatic heterocycles. The number of hydrogen-bond donors (Lipinski definition) is 2. The van der Waals surface area contributed by atoms with E-state index in [0.717, 1.165) is 13.1 Å². The predicted molar refractivity (Wildman–Crippen MR) is 56.2 cm³/mol. The molecule has 78 valence electrons. The van der Waals surface area contributed by atoms with Crippen molar-refractivity contribution < 1.29 is 10.2 Å². The highest BCUT2D eigenvalue weighted by Crippen LogP contribution is 2.30. The lowest BCUT2D eigenvalue weighted by Crippen LogP contribution is -2.24. The first kappa shape index (κ1) is 9.73. The summed E-state index contributed by atoms with van der Waals surface area (Å²) in [7, 11) is 0. The lowest BCUT2D eigenvalue weighted by atomic mass is 10.2. The Hall–Kier alpha value is -0.810. The number of hydrogen-bond acceptors (Lipinski definition) is 4. The van der Waals surface area contributed by atoms with Crippen molar-refractivity contribution in [3.05, 3.63) is 12.1 Å². The maximum atomic E-state index is 9.42. The fourth-order valence-electron chi connectivity index (χ4n) is 1.55. The zero-order chi connectivity index (χ0) is 9.97. The van der Waals surface area contributed by atoms with E-state index in [2.05, 4.69) is 4.31 Å². The molecule has 0 saturated carbocycles. The third kappa shape index (κ3) is 1.99. The van der Waals surface area contributed by atoms with Crippen LogP contribution in [0.4, 0.5) is 0 Å². The number of rotatable bonds is 2. The van der Waals surface area contributed by atoms with Crippen molar-refractivity contribution >= 4 is 12.1 Å². The second-order valence-corrected chi connectivity index (χ2v) is 4.46. The van der Waals surface area contributed by atoms with Crippen LogP contribution in [-0.4, -0.2) is 31.6 Å². The summed E-state index contributed by atoms with van der Waals surface area (Å²) >= 11 is 1.37. The molecule has 0 atom stereocenters. The minimum atomic E-state index is 0.0954. The highest BCUT2D eigenvalue weighted by atomic mass is 32.2. The van der Waals surface area contributed by atoms with E-state index >= 15 is 0 Å². The largest absolute Gasteiger partial charge is 0.494 e. The minimum Gasteiger partial charge on any atom is -0.494 e. The molecule has 1 fully saturated rings. The van der Waals surface area contributed by atoms with Gasteiger partial charge in [0.2, 0.25) is 11.8 Å². The van der Waals surface area contributed by atoms with E-state index < -0.39 is 0 Å². The van der Waals surface area contributed by atoms with E-state index in [-0.39, 0.29) is 11.8 Å². The van der Waals surface area contributed by atoms with Crippen molar-refractivity contribution in [3.8, 4) is 11.8 Å². The molecule has 2 heterocycles. The zero-order valence-electron chi connectivity index (χ0n) is 7.89. The Morgan fingerprint density at radius 3 is 2.14 bits per heavy atom. The van der Waals surface area contributed by atoms with Crippen LogP contribution in [0.1, 0.15) is 19.3 Å². The van der Waals surface area contributed by atoms with Crippen LogP contribution in [0.2, 0.25) is 0 Å². The van der Waals surface area contributed by atoms with Gasteiger partial charge in [-0.15, -0.1) is 0 Å². The van der Waals surface area contributed by atoms with Gasteiger partial charge in [-0.3, -0.25) is 0 Å². The van der Waals surface area contributed by atoms with Crippen LogP contribution in [0, 0.1) is 0 Å². The molecule has 2 N–H and O–H groups in total. The molecular weight excluding hydrogens is 200 g/mol. The molecule has 0 radical (unpaired) electrons. The van der Waals surface area contributed by atoms with Crippen LogP contribution in [0.3, 0.4) is 0 Å². The molecule has 2 rings (SSSR count). The predicted octanol–water partition coefficient (Wildman–Crippen LogP) is 1.80. The Morgan fingerprint density at radius 2 is 1.57 bits per heavy atom. The Labute approximate surface area is 87.4 Å². The molecule has 4 nitrogen and oxygen atoms in total. The van der Waals surface area contributed by atoms with Crippen molar-refractivity contribution in [2.75, 3.05) is 13.1 Å². The summed E-state index contributed by atoms with van der Waals surface area (Å²) < 4.78 is 3.59. The molecular formula is C9H14N2O2S. The Balaban J connectivity index is 2.02. The monoisotopic (exact) mass is 214 g/mol. The van der Waals surface area contributed by atoms with Gasteiger partial charge in [-0.05, 0) is 12.8 Å². The molecule has 0 bridgehead atoms. The first-order valence-electron chi connectivity index (χ1n) is 4.80. The summed E-state index contributed by atoms with van der Waals surface area (Å²) in [6.45, 7) is 2.03. The summed E-state index contributed by atoms with van der Waals surface area (Å²) in [5, 5.41) is 18.8. The second kappa shape index (κ2) is 4.14. The molecule has 1 aliphatic rings. The summed E-state index contributed by atoms with van der Waals surface area (Å²) in [4.78, 5) is 0. The molecule has 1 aromatic rings. The van der Waals surface area contributed by atoms with E-state index in [4.69, 9.17) is 0 Å². The van der Waals surface area contributed by atoms with Gasteiger partial charge in [0.25, 0.3) is 0 Å². The topological polar surface area (TPSA) is 48.6 Å². The molecule has 1 saturated heterocycles. The van der Waals surface area contributed by atoms with Crippen LogP contribution in [0.15, 0.2) is 12.1 Å². The Kier molecular flexibility index (Phi) is 2.88. The molecule has 0 aliphatic carbocycles. The average Bonchev–Trinajstić information content (AvgIpc) is 2.51. The fourth-order valence-corrected chi connectivity index (χ4v) is 2.49. The number of nitrogens with zero attached hydrogens (tertiary/aromatic N) is 2. The number of aromatic hydroxyl groups is 2. The lowest BCUT2D eigenvalue weighted by molar-refractivity contribution is 0.370. The SMILES string of the molecule is Oc1ccc(O)n1SN1CCCCC1. The number of aromatic nitrogens is 1. The van der Waals surface area contributed by atoms with Crippen molar-refractivity contribution in [1.29, 1.82) is 0 Å². The third-order valence-corrected chi connectivity index (χ3v) is 3.44.